The predicted molar refractivity (Wildman–Crippen MR) is 51.1 cm³/mol. The van der Waals surface area contributed by atoms with Gasteiger partial charge in [-0.3, -0.25) is 0 Å². The summed E-state index contributed by atoms with van der Waals surface area (Å²) in [6.45, 7) is 0.107. The minimum Gasteiger partial charge on any atom is -0.380 e. The average Bonchev–Trinajstić information content (AvgIpc) is 2.15. The Bertz CT molecular complexity index is 298. The molecule has 0 saturated carbocycles. The number of anilines is 1. The molecule has 0 aliphatic heterocycles. The number of hydrogen-bond donors (Lipinski definition) is 3. The number of rotatable bonds is 3. The van der Waals surface area contributed by atoms with E-state index in [1.807, 2.05) is 0 Å². The molecule has 13 heavy (non-hydrogen) atoms. The molecule has 0 saturated heterocycles. The van der Waals surface area contributed by atoms with Crippen molar-refractivity contribution in [3.63, 3.8) is 0 Å². The number of nitrogens with one attached hydrogen (secondary N) is 1. The van der Waals surface area contributed by atoms with E-state index in [1.54, 1.807) is 24.3 Å². The van der Waals surface area contributed by atoms with Gasteiger partial charge in [0, 0.05) is 11.3 Å². The summed E-state index contributed by atoms with van der Waals surface area (Å²) in [7, 11) is 0. The van der Waals surface area contributed by atoms with Crippen molar-refractivity contribution in [1.82, 2.24) is 0 Å². The largest absolute Gasteiger partial charge is 0.380 e. The highest BCUT2D eigenvalue weighted by Crippen LogP contribution is 2.08. The molecule has 1 rings (SSSR count). The van der Waals surface area contributed by atoms with E-state index >= 15 is 0 Å². The highest BCUT2D eigenvalue weighted by molar-refractivity contribution is 5.47. The summed E-state index contributed by atoms with van der Waals surface area (Å²) < 4.78 is 0. The lowest BCUT2D eigenvalue weighted by Crippen LogP contribution is -2.18. The molecule has 3 heteroatoms. The van der Waals surface area contributed by atoms with Crippen molar-refractivity contribution in [2.45, 2.75) is 6.29 Å². The number of terminal acetylenes is 1. The molecule has 0 aliphatic rings. The Morgan fingerprint density at radius 1 is 1.31 bits per heavy atom. The SMILES string of the molecule is C#Cc1ccc(NCC(O)O)cc1. The molecule has 68 valence electrons. The van der Waals surface area contributed by atoms with Crippen LogP contribution in [0.2, 0.25) is 0 Å². The van der Waals surface area contributed by atoms with E-state index in [0.717, 1.165) is 11.3 Å². The Balaban J connectivity index is 2.55. The van der Waals surface area contributed by atoms with Gasteiger partial charge in [-0.05, 0) is 24.3 Å². The van der Waals surface area contributed by atoms with Crippen LogP contribution in [0.1, 0.15) is 5.56 Å². The Hall–Kier alpha value is -1.50. The van der Waals surface area contributed by atoms with E-state index in [9.17, 15) is 0 Å². The van der Waals surface area contributed by atoms with Crippen LogP contribution < -0.4 is 5.32 Å². The first-order valence-corrected chi connectivity index (χ1v) is 3.89. The third-order valence-corrected chi connectivity index (χ3v) is 1.54. The van der Waals surface area contributed by atoms with Gasteiger partial charge in [0.2, 0.25) is 0 Å². The van der Waals surface area contributed by atoms with Gasteiger partial charge in [0.25, 0.3) is 0 Å². The van der Waals surface area contributed by atoms with Crippen LogP contribution in [0.3, 0.4) is 0 Å². The first kappa shape index (κ1) is 9.59. The minimum absolute atomic E-state index is 0.107. The average molecular weight is 177 g/mol. The van der Waals surface area contributed by atoms with Crippen molar-refractivity contribution in [3.8, 4) is 12.3 Å². The van der Waals surface area contributed by atoms with Crippen LogP contribution in [0.4, 0.5) is 5.69 Å². The molecule has 0 spiro atoms. The minimum atomic E-state index is -1.34. The molecular weight excluding hydrogens is 166 g/mol. The summed E-state index contributed by atoms with van der Waals surface area (Å²) in [6.07, 6.45) is 3.83. The molecule has 0 heterocycles. The van der Waals surface area contributed by atoms with Crippen molar-refractivity contribution in [2.24, 2.45) is 0 Å². The maximum Gasteiger partial charge on any atom is 0.169 e. The Labute approximate surface area is 77.0 Å². The van der Waals surface area contributed by atoms with Crippen molar-refractivity contribution in [2.75, 3.05) is 11.9 Å². The smallest absolute Gasteiger partial charge is 0.169 e. The van der Waals surface area contributed by atoms with Crippen molar-refractivity contribution in [1.29, 1.82) is 0 Å². The first-order valence-electron chi connectivity index (χ1n) is 3.89. The molecule has 0 fully saturated rings. The third-order valence-electron chi connectivity index (χ3n) is 1.54. The topological polar surface area (TPSA) is 52.5 Å². The molecule has 1 aromatic carbocycles. The van der Waals surface area contributed by atoms with E-state index in [0.29, 0.717) is 0 Å². The maximum absolute atomic E-state index is 8.58. The third kappa shape index (κ3) is 3.16. The van der Waals surface area contributed by atoms with Crippen LogP contribution in [0.25, 0.3) is 0 Å². The van der Waals surface area contributed by atoms with Gasteiger partial charge in [-0.2, -0.15) is 0 Å². The van der Waals surface area contributed by atoms with Gasteiger partial charge in [0.1, 0.15) is 0 Å². The molecule has 0 atom stereocenters. The number of aliphatic hydroxyl groups excluding tert-OH is 1. The molecule has 0 radical (unpaired) electrons. The molecular formula is C10H11NO2. The number of benzene rings is 1. The molecule has 3 N–H and O–H groups in total. The van der Waals surface area contributed by atoms with Gasteiger partial charge in [-0.25, -0.2) is 0 Å². The van der Waals surface area contributed by atoms with E-state index in [-0.39, 0.29) is 6.54 Å². The van der Waals surface area contributed by atoms with Gasteiger partial charge in [0.15, 0.2) is 6.29 Å². The molecule has 1 aromatic rings. The summed E-state index contributed by atoms with van der Waals surface area (Å²) in [6, 6.07) is 7.15. The zero-order valence-corrected chi connectivity index (χ0v) is 7.07. The van der Waals surface area contributed by atoms with E-state index in [4.69, 9.17) is 16.6 Å². The normalized spacial score (nSPS) is 9.69. The summed E-state index contributed by atoms with van der Waals surface area (Å²) >= 11 is 0. The zero-order valence-electron chi connectivity index (χ0n) is 7.07. The van der Waals surface area contributed by atoms with E-state index < -0.39 is 6.29 Å². The summed E-state index contributed by atoms with van der Waals surface area (Å²) in [5, 5.41) is 20.0. The van der Waals surface area contributed by atoms with Crippen LogP contribution in [0.5, 0.6) is 0 Å². The van der Waals surface area contributed by atoms with Crippen molar-refractivity contribution >= 4 is 5.69 Å². The highest BCUT2D eigenvalue weighted by Gasteiger charge is 1.96. The standard InChI is InChI=1S/C10H11NO2/c1-2-8-3-5-9(6-4-8)11-7-10(12)13/h1,3-6,10-13H,7H2. The van der Waals surface area contributed by atoms with Crippen LogP contribution in [-0.4, -0.2) is 23.0 Å². The first-order chi connectivity index (χ1) is 6.22. The fraction of sp³-hybridized carbons (Fsp3) is 0.200. The molecule has 0 aliphatic carbocycles. The second kappa shape index (κ2) is 4.51. The lowest BCUT2D eigenvalue weighted by Gasteiger charge is -2.07. The van der Waals surface area contributed by atoms with Crippen LogP contribution in [0, 0.1) is 12.3 Å². The van der Waals surface area contributed by atoms with Gasteiger partial charge < -0.3 is 15.5 Å². The van der Waals surface area contributed by atoms with Crippen LogP contribution in [-0.2, 0) is 0 Å². The quantitative estimate of drug-likeness (QED) is 0.462. The zero-order chi connectivity index (χ0) is 9.68. The van der Waals surface area contributed by atoms with Crippen molar-refractivity contribution < 1.29 is 10.2 Å². The Kier molecular flexibility index (Phi) is 3.32. The second-order valence-corrected chi connectivity index (χ2v) is 2.58. The molecule has 0 aromatic heterocycles. The highest BCUT2D eigenvalue weighted by atomic mass is 16.5. The fourth-order valence-electron chi connectivity index (χ4n) is 0.893. The van der Waals surface area contributed by atoms with Crippen LogP contribution >= 0.6 is 0 Å². The van der Waals surface area contributed by atoms with Gasteiger partial charge in [-0.15, -0.1) is 6.42 Å². The number of hydrogen-bond acceptors (Lipinski definition) is 3. The molecule has 3 nitrogen and oxygen atoms in total. The van der Waals surface area contributed by atoms with E-state index in [2.05, 4.69) is 11.2 Å². The van der Waals surface area contributed by atoms with Crippen molar-refractivity contribution in [3.05, 3.63) is 29.8 Å². The van der Waals surface area contributed by atoms with Crippen LogP contribution in [0.15, 0.2) is 24.3 Å². The summed E-state index contributed by atoms with van der Waals surface area (Å²) in [5.74, 6) is 2.49. The maximum atomic E-state index is 8.58. The molecule has 0 amide bonds. The van der Waals surface area contributed by atoms with Gasteiger partial charge in [0.05, 0.1) is 6.54 Å². The Morgan fingerprint density at radius 2 is 1.92 bits per heavy atom. The summed E-state index contributed by atoms with van der Waals surface area (Å²) in [5.41, 5.74) is 1.61. The lowest BCUT2D eigenvalue weighted by molar-refractivity contribution is -0.0275. The van der Waals surface area contributed by atoms with Gasteiger partial charge in [-0.1, -0.05) is 5.92 Å². The molecule has 0 bridgehead atoms. The van der Waals surface area contributed by atoms with E-state index in [1.165, 1.54) is 0 Å². The van der Waals surface area contributed by atoms with Gasteiger partial charge >= 0.3 is 0 Å². The lowest BCUT2D eigenvalue weighted by atomic mass is 10.2. The Morgan fingerprint density at radius 3 is 2.38 bits per heavy atom. The monoisotopic (exact) mass is 177 g/mol. The predicted octanol–water partition coefficient (Wildman–Crippen LogP) is 0.390. The number of aliphatic hydroxyl groups is 2. The summed E-state index contributed by atoms with van der Waals surface area (Å²) in [4.78, 5) is 0. The molecule has 0 unspecified atom stereocenters. The second-order valence-electron chi connectivity index (χ2n) is 2.58. The fourth-order valence-corrected chi connectivity index (χ4v) is 0.893.